The van der Waals surface area contributed by atoms with Gasteiger partial charge in [0.05, 0.1) is 10.4 Å². The number of halogens is 3. The van der Waals surface area contributed by atoms with Crippen molar-refractivity contribution in [2.24, 2.45) is 0 Å². The molecule has 2 saturated heterocycles. The van der Waals surface area contributed by atoms with Crippen molar-refractivity contribution in [1.82, 2.24) is 4.90 Å². The topological polar surface area (TPSA) is 49.4 Å². The third kappa shape index (κ3) is 2.91. The fourth-order valence-corrected chi connectivity index (χ4v) is 4.45. The number of carbonyl (C=O) groups is 2. The van der Waals surface area contributed by atoms with Crippen LogP contribution in [0.15, 0.2) is 24.3 Å². The van der Waals surface area contributed by atoms with Crippen LogP contribution in [0.2, 0.25) is 0 Å². The lowest BCUT2D eigenvalue weighted by molar-refractivity contribution is -0.137. The van der Waals surface area contributed by atoms with Crippen molar-refractivity contribution < 1.29 is 22.8 Å². The van der Waals surface area contributed by atoms with Gasteiger partial charge in [0.1, 0.15) is 6.04 Å². The number of nitrogens with one attached hydrogen (secondary N) is 1. The Labute approximate surface area is 135 Å². The fraction of sp³-hybridized carbons (Fsp3) is 0.467. The van der Waals surface area contributed by atoms with E-state index in [1.807, 2.05) is 6.92 Å². The third-order valence-corrected chi connectivity index (χ3v) is 5.71. The maximum atomic E-state index is 12.7. The molecule has 0 aliphatic carbocycles. The van der Waals surface area contributed by atoms with Crippen molar-refractivity contribution in [3.63, 3.8) is 0 Å². The second-order valence-electron chi connectivity index (χ2n) is 5.83. The van der Waals surface area contributed by atoms with Crippen molar-refractivity contribution in [3.8, 4) is 0 Å². The molecule has 124 valence electrons. The largest absolute Gasteiger partial charge is 0.416 e. The highest BCUT2D eigenvalue weighted by Crippen LogP contribution is 2.47. The lowest BCUT2D eigenvalue weighted by Crippen LogP contribution is -2.48. The Morgan fingerprint density at radius 3 is 2.87 bits per heavy atom. The fourth-order valence-electron chi connectivity index (χ4n) is 3.01. The highest BCUT2D eigenvalue weighted by atomic mass is 32.2. The summed E-state index contributed by atoms with van der Waals surface area (Å²) >= 11 is 1.54. The molecule has 0 bridgehead atoms. The van der Waals surface area contributed by atoms with Crippen LogP contribution in [0.1, 0.15) is 25.3 Å². The first-order valence-corrected chi connectivity index (χ1v) is 8.13. The second-order valence-corrected chi connectivity index (χ2v) is 7.33. The number of benzene rings is 1. The monoisotopic (exact) mass is 344 g/mol. The standard InChI is InChI=1S/C15H15F3N2O2S/c1-14-6-5-12(21)20(14)11(8-23-14)13(22)19-10-4-2-3-9(7-10)15(16,17)18/h2-4,7,11H,5-6,8H2,1H3,(H,19,22)/t11-,14-/m0/s1. The van der Waals surface area contributed by atoms with Gasteiger partial charge in [0.2, 0.25) is 11.8 Å². The lowest BCUT2D eigenvalue weighted by atomic mass is 10.1. The average molecular weight is 344 g/mol. The van der Waals surface area contributed by atoms with Crippen LogP contribution in [-0.2, 0) is 15.8 Å². The number of alkyl halides is 3. The number of rotatable bonds is 2. The zero-order valence-electron chi connectivity index (χ0n) is 12.3. The van der Waals surface area contributed by atoms with E-state index in [0.29, 0.717) is 18.6 Å². The van der Waals surface area contributed by atoms with Gasteiger partial charge in [-0.25, -0.2) is 0 Å². The molecule has 3 rings (SSSR count). The molecule has 23 heavy (non-hydrogen) atoms. The van der Waals surface area contributed by atoms with Gasteiger partial charge in [-0.15, -0.1) is 11.8 Å². The molecule has 0 radical (unpaired) electrons. The number of hydrogen-bond acceptors (Lipinski definition) is 3. The summed E-state index contributed by atoms with van der Waals surface area (Å²) < 4.78 is 38.1. The van der Waals surface area contributed by atoms with Crippen LogP contribution >= 0.6 is 11.8 Å². The van der Waals surface area contributed by atoms with Crippen molar-refractivity contribution in [3.05, 3.63) is 29.8 Å². The summed E-state index contributed by atoms with van der Waals surface area (Å²) in [5.41, 5.74) is -0.742. The van der Waals surface area contributed by atoms with E-state index in [4.69, 9.17) is 0 Å². The van der Waals surface area contributed by atoms with Crippen LogP contribution < -0.4 is 5.32 Å². The molecule has 2 aliphatic heterocycles. The Bertz CT molecular complexity index is 664. The first kappa shape index (κ1) is 16.2. The predicted octanol–water partition coefficient (Wildman–Crippen LogP) is 3.10. The van der Waals surface area contributed by atoms with Crippen LogP contribution in [0.3, 0.4) is 0 Å². The van der Waals surface area contributed by atoms with Gasteiger partial charge in [-0.2, -0.15) is 13.2 Å². The maximum Gasteiger partial charge on any atom is 0.416 e. The van der Waals surface area contributed by atoms with Gasteiger partial charge in [0, 0.05) is 17.9 Å². The Morgan fingerprint density at radius 2 is 2.17 bits per heavy atom. The van der Waals surface area contributed by atoms with Gasteiger partial charge in [0.25, 0.3) is 0 Å². The van der Waals surface area contributed by atoms with Crippen molar-refractivity contribution >= 4 is 29.3 Å². The van der Waals surface area contributed by atoms with Crippen LogP contribution in [0.25, 0.3) is 0 Å². The first-order chi connectivity index (χ1) is 10.7. The summed E-state index contributed by atoms with van der Waals surface area (Å²) in [5, 5.41) is 2.50. The van der Waals surface area contributed by atoms with E-state index in [-0.39, 0.29) is 16.5 Å². The predicted molar refractivity (Wildman–Crippen MR) is 80.8 cm³/mol. The summed E-state index contributed by atoms with van der Waals surface area (Å²) in [4.78, 5) is 25.6. The Morgan fingerprint density at radius 1 is 1.43 bits per heavy atom. The van der Waals surface area contributed by atoms with Gasteiger partial charge in [-0.05, 0) is 31.5 Å². The minimum Gasteiger partial charge on any atom is -0.324 e. The SMILES string of the molecule is C[C@]12CCC(=O)N1[C@H](C(=O)Nc1cccc(C(F)(F)F)c1)CS2. The molecule has 0 unspecified atom stereocenters. The normalized spacial score (nSPS) is 27.2. The number of carbonyl (C=O) groups excluding carboxylic acids is 2. The van der Waals surface area contributed by atoms with E-state index in [0.717, 1.165) is 12.1 Å². The highest BCUT2D eigenvalue weighted by molar-refractivity contribution is 8.01. The van der Waals surface area contributed by atoms with Gasteiger partial charge in [-0.3, -0.25) is 9.59 Å². The van der Waals surface area contributed by atoms with Crippen LogP contribution in [0.5, 0.6) is 0 Å². The molecule has 2 atom stereocenters. The molecule has 2 fully saturated rings. The van der Waals surface area contributed by atoms with Gasteiger partial charge >= 0.3 is 6.18 Å². The van der Waals surface area contributed by atoms with Gasteiger partial charge in [-0.1, -0.05) is 6.07 Å². The Kier molecular flexibility index (Phi) is 3.82. The summed E-state index contributed by atoms with van der Waals surface area (Å²) in [6, 6.07) is 3.84. The van der Waals surface area contributed by atoms with Crippen molar-refractivity contribution in [2.45, 2.75) is 36.9 Å². The minimum absolute atomic E-state index is 0.0788. The van der Waals surface area contributed by atoms with Crippen LogP contribution in [0, 0.1) is 0 Å². The summed E-state index contributed by atoms with van der Waals surface area (Å²) in [7, 11) is 0. The van der Waals surface area contributed by atoms with Crippen LogP contribution in [-0.4, -0.2) is 33.4 Å². The highest BCUT2D eigenvalue weighted by Gasteiger charge is 2.52. The van der Waals surface area contributed by atoms with Gasteiger partial charge in [0.15, 0.2) is 0 Å². The van der Waals surface area contributed by atoms with Crippen molar-refractivity contribution in [2.75, 3.05) is 11.1 Å². The molecule has 1 N–H and O–H groups in total. The zero-order valence-corrected chi connectivity index (χ0v) is 13.1. The average Bonchev–Trinajstić information content (AvgIpc) is 2.95. The smallest absolute Gasteiger partial charge is 0.324 e. The number of fused-ring (bicyclic) bond motifs is 1. The molecule has 8 heteroatoms. The van der Waals surface area contributed by atoms with Crippen LogP contribution in [0.4, 0.5) is 18.9 Å². The first-order valence-electron chi connectivity index (χ1n) is 7.15. The molecule has 0 saturated carbocycles. The molecule has 0 aromatic heterocycles. The Hall–Kier alpha value is -1.70. The number of thioether (sulfide) groups is 1. The molecule has 2 amide bonds. The van der Waals surface area contributed by atoms with Crippen molar-refractivity contribution in [1.29, 1.82) is 0 Å². The lowest BCUT2D eigenvalue weighted by Gasteiger charge is -2.29. The molecule has 0 spiro atoms. The molecule has 2 aliphatic rings. The zero-order chi connectivity index (χ0) is 16.8. The molecular weight excluding hydrogens is 329 g/mol. The Balaban J connectivity index is 1.77. The molecule has 1 aromatic rings. The quantitative estimate of drug-likeness (QED) is 0.897. The number of anilines is 1. The van der Waals surface area contributed by atoms with E-state index < -0.39 is 23.7 Å². The number of nitrogens with zero attached hydrogens (tertiary/aromatic N) is 1. The summed E-state index contributed by atoms with van der Waals surface area (Å²) in [6.07, 6.45) is -3.38. The number of amides is 2. The summed E-state index contributed by atoms with van der Waals surface area (Å²) in [6.45, 7) is 1.92. The van der Waals surface area contributed by atoms with E-state index in [9.17, 15) is 22.8 Å². The summed E-state index contributed by atoms with van der Waals surface area (Å²) in [5.74, 6) is -0.0787. The minimum atomic E-state index is -4.46. The third-order valence-electron chi connectivity index (χ3n) is 4.20. The second kappa shape index (κ2) is 5.43. The molecule has 4 nitrogen and oxygen atoms in total. The van der Waals surface area contributed by atoms with E-state index in [2.05, 4.69) is 5.32 Å². The van der Waals surface area contributed by atoms with E-state index >= 15 is 0 Å². The van der Waals surface area contributed by atoms with E-state index in [1.54, 1.807) is 4.90 Å². The molecular formula is C15H15F3N2O2S. The maximum absolute atomic E-state index is 12.7. The molecule has 1 aromatic carbocycles. The molecule has 2 heterocycles. The number of hydrogen-bond donors (Lipinski definition) is 1. The van der Waals surface area contributed by atoms with Gasteiger partial charge < -0.3 is 10.2 Å². The van der Waals surface area contributed by atoms with E-state index in [1.165, 1.54) is 23.9 Å².